The highest BCUT2D eigenvalue weighted by atomic mass is 16.5. The van der Waals surface area contributed by atoms with Crippen molar-refractivity contribution in [1.29, 1.82) is 0 Å². The minimum Gasteiger partial charge on any atom is -0.462 e. The van der Waals surface area contributed by atoms with Crippen LogP contribution in [0.5, 0.6) is 5.75 Å². The lowest BCUT2D eigenvalue weighted by Crippen LogP contribution is -2.36. The number of carbonyl (C=O) groups is 3. The second kappa shape index (κ2) is 10.3. The molecule has 0 fully saturated rings. The summed E-state index contributed by atoms with van der Waals surface area (Å²) in [6, 6.07) is 17.0. The Balaban J connectivity index is 1.75. The number of hydrogen-bond acceptors (Lipinski definition) is 6. The molecule has 0 spiro atoms. The lowest BCUT2D eigenvalue weighted by Gasteiger charge is -2.36. The van der Waals surface area contributed by atoms with Crippen LogP contribution in [0, 0.1) is 5.92 Å². The molecule has 2 atom stereocenters. The summed E-state index contributed by atoms with van der Waals surface area (Å²) in [6.07, 6.45) is 1.05. The van der Waals surface area contributed by atoms with E-state index < -0.39 is 17.9 Å². The number of hydrogen-bond donors (Lipinski definition) is 1. The van der Waals surface area contributed by atoms with Crippen molar-refractivity contribution in [3.05, 3.63) is 88.3 Å². The number of carbonyl (C=O) groups excluding carboxylic acids is 3. The molecule has 0 amide bonds. The molecule has 182 valence electrons. The van der Waals surface area contributed by atoms with Crippen LogP contribution in [0.3, 0.4) is 0 Å². The van der Waals surface area contributed by atoms with Crippen molar-refractivity contribution in [2.75, 3.05) is 6.61 Å². The van der Waals surface area contributed by atoms with Gasteiger partial charge < -0.3 is 14.8 Å². The third-order valence-electron chi connectivity index (χ3n) is 6.34. The Kier molecular flexibility index (Phi) is 7.20. The van der Waals surface area contributed by atoms with Crippen LogP contribution in [0.25, 0.3) is 0 Å². The minimum absolute atomic E-state index is 0.0170. The first-order valence-electron chi connectivity index (χ1n) is 12.0. The van der Waals surface area contributed by atoms with Crippen LogP contribution in [-0.4, -0.2) is 24.3 Å². The fourth-order valence-electron chi connectivity index (χ4n) is 4.82. The zero-order valence-electron chi connectivity index (χ0n) is 20.6. The number of ether oxygens (including phenoxy) is 2. The maximum atomic E-state index is 13.6. The Morgan fingerprint density at radius 2 is 1.69 bits per heavy atom. The zero-order valence-corrected chi connectivity index (χ0v) is 20.6. The van der Waals surface area contributed by atoms with Gasteiger partial charge in [-0.25, -0.2) is 4.79 Å². The highest BCUT2D eigenvalue weighted by molar-refractivity contribution is 6.04. The van der Waals surface area contributed by atoms with Crippen LogP contribution in [0.2, 0.25) is 0 Å². The van der Waals surface area contributed by atoms with E-state index in [1.807, 2.05) is 39.0 Å². The first kappa shape index (κ1) is 24.5. The maximum absolute atomic E-state index is 13.6. The molecule has 4 rings (SSSR count). The van der Waals surface area contributed by atoms with Crippen molar-refractivity contribution in [2.24, 2.45) is 5.92 Å². The van der Waals surface area contributed by atoms with Gasteiger partial charge in [0.1, 0.15) is 5.75 Å². The van der Waals surface area contributed by atoms with Crippen LogP contribution in [-0.2, 0) is 19.1 Å². The summed E-state index contributed by atoms with van der Waals surface area (Å²) in [6.45, 7) is 7.45. The van der Waals surface area contributed by atoms with Gasteiger partial charge in [0.05, 0.1) is 12.2 Å². The summed E-state index contributed by atoms with van der Waals surface area (Å²) in [4.78, 5) is 38.2. The van der Waals surface area contributed by atoms with E-state index in [1.54, 1.807) is 24.3 Å². The summed E-state index contributed by atoms with van der Waals surface area (Å²) < 4.78 is 10.8. The first-order valence-corrected chi connectivity index (χ1v) is 12.0. The van der Waals surface area contributed by atoms with Gasteiger partial charge in [-0.2, -0.15) is 0 Å². The van der Waals surface area contributed by atoms with Crippen molar-refractivity contribution in [1.82, 2.24) is 5.32 Å². The number of Topliss-reactive ketones (excluding diaryl/α,β-unsaturated/α-hetero) is 1. The van der Waals surface area contributed by atoms with Crippen molar-refractivity contribution in [3.8, 4) is 5.75 Å². The molecule has 6 nitrogen and oxygen atoms in total. The van der Waals surface area contributed by atoms with Gasteiger partial charge in [-0.05, 0) is 48.4 Å². The monoisotopic (exact) mass is 473 g/mol. The van der Waals surface area contributed by atoms with Crippen LogP contribution in [0.1, 0.15) is 63.5 Å². The summed E-state index contributed by atoms with van der Waals surface area (Å²) >= 11 is 0. The third kappa shape index (κ3) is 5.37. The van der Waals surface area contributed by atoms with E-state index in [0.29, 0.717) is 42.0 Å². The van der Waals surface area contributed by atoms with Gasteiger partial charge >= 0.3 is 11.9 Å². The van der Waals surface area contributed by atoms with Gasteiger partial charge in [-0.15, -0.1) is 0 Å². The quantitative estimate of drug-likeness (QED) is 0.460. The molecule has 1 aliphatic carbocycles. The molecule has 0 saturated carbocycles. The number of esters is 2. The van der Waals surface area contributed by atoms with Gasteiger partial charge in [0.25, 0.3) is 0 Å². The molecule has 6 heteroatoms. The molecule has 0 saturated heterocycles. The molecule has 1 N–H and O–H groups in total. The van der Waals surface area contributed by atoms with Crippen molar-refractivity contribution in [2.45, 2.75) is 52.4 Å². The summed E-state index contributed by atoms with van der Waals surface area (Å²) in [5.41, 5.74) is 4.49. The van der Waals surface area contributed by atoms with Gasteiger partial charge in [0, 0.05) is 36.2 Å². The number of nitrogens with one attached hydrogen (secondary N) is 1. The van der Waals surface area contributed by atoms with Crippen molar-refractivity contribution < 1.29 is 23.9 Å². The normalized spacial score (nSPS) is 19.9. The highest BCUT2D eigenvalue weighted by Crippen LogP contribution is 2.45. The van der Waals surface area contributed by atoms with Gasteiger partial charge in [0.2, 0.25) is 0 Å². The zero-order chi connectivity index (χ0) is 25.1. The van der Waals surface area contributed by atoms with Crippen LogP contribution in [0.4, 0.5) is 0 Å². The van der Waals surface area contributed by atoms with Crippen LogP contribution < -0.4 is 10.1 Å². The van der Waals surface area contributed by atoms with Crippen molar-refractivity contribution >= 4 is 17.7 Å². The van der Waals surface area contributed by atoms with E-state index in [-0.39, 0.29) is 17.6 Å². The van der Waals surface area contributed by atoms with E-state index in [2.05, 4.69) is 17.4 Å². The lowest BCUT2D eigenvalue weighted by atomic mass is 9.71. The van der Waals surface area contributed by atoms with Crippen molar-refractivity contribution in [3.63, 3.8) is 0 Å². The van der Waals surface area contributed by atoms with Crippen LogP contribution in [0.15, 0.2) is 77.1 Å². The molecular formula is C29H31NO5. The number of allylic oxidation sites excluding steroid dienone is 3. The van der Waals surface area contributed by atoms with E-state index in [1.165, 1.54) is 6.92 Å². The molecule has 2 aromatic rings. The Labute approximate surface area is 206 Å². The molecule has 0 aromatic heterocycles. The van der Waals surface area contributed by atoms with E-state index >= 15 is 0 Å². The number of benzene rings is 2. The second-order valence-corrected chi connectivity index (χ2v) is 9.58. The molecule has 0 unspecified atom stereocenters. The third-order valence-corrected chi connectivity index (χ3v) is 6.34. The molecule has 1 aliphatic heterocycles. The van der Waals surface area contributed by atoms with E-state index in [9.17, 15) is 14.4 Å². The second-order valence-electron chi connectivity index (χ2n) is 9.58. The van der Waals surface area contributed by atoms with Gasteiger partial charge in [-0.1, -0.05) is 56.3 Å². The molecular weight excluding hydrogens is 442 g/mol. The molecule has 2 aromatic carbocycles. The predicted molar refractivity (Wildman–Crippen MR) is 133 cm³/mol. The molecule has 35 heavy (non-hydrogen) atoms. The average molecular weight is 474 g/mol. The number of dihydropyridines is 1. The minimum atomic E-state index is -0.554. The van der Waals surface area contributed by atoms with Gasteiger partial charge in [0.15, 0.2) is 5.78 Å². The maximum Gasteiger partial charge on any atom is 0.336 e. The first-order chi connectivity index (χ1) is 16.7. The molecule has 0 bridgehead atoms. The van der Waals surface area contributed by atoms with Crippen LogP contribution >= 0.6 is 0 Å². The molecule has 1 heterocycles. The Morgan fingerprint density at radius 3 is 2.31 bits per heavy atom. The summed E-state index contributed by atoms with van der Waals surface area (Å²) in [5, 5.41) is 3.37. The average Bonchev–Trinajstić information content (AvgIpc) is 2.82. The number of rotatable bonds is 6. The summed E-state index contributed by atoms with van der Waals surface area (Å²) in [7, 11) is 0. The molecule has 2 aliphatic rings. The summed E-state index contributed by atoms with van der Waals surface area (Å²) in [5.74, 6) is -0.701. The standard InChI is InChI=1S/C29H31NO5/c1-17(2)16-34-29(33)26-18(3)30-24-14-22(20-8-6-5-7-9-20)15-25(32)28(24)27(26)21-10-12-23(13-11-21)35-19(4)31/h5-13,17,22,27,30H,14-16H2,1-4H3/t22-,27+/m1/s1. The highest BCUT2D eigenvalue weighted by Gasteiger charge is 2.41. The Hall–Kier alpha value is -3.67. The Bertz CT molecular complexity index is 1190. The Morgan fingerprint density at radius 1 is 1.00 bits per heavy atom. The van der Waals surface area contributed by atoms with E-state index in [4.69, 9.17) is 9.47 Å². The fraction of sp³-hybridized carbons (Fsp3) is 0.345. The van der Waals surface area contributed by atoms with Gasteiger partial charge in [-0.3, -0.25) is 9.59 Å². The fourth-order valence-corrected chi connectivity index (χ4v) is 4.82. The topological polar surface area (TPSA) is 81.7 Å². The number of ketones is 1. The van der Waals surface area contributed by atoms with E-state index in [0.717, 1.165) is 16.8 Å². The largest absolute Gasteiger partial charge is 0.462 e. The smallest absolute Gasteiger partial charge is 0.336 e. The molecule has 0 radical (unpaired) electrons. The lowest BCUT2D eigenvalue weighted by molar-refractivity contribution is -0.140. The predicted octanol–water partition coefficient (Wildman–Crippen LogP) is 5.17. The SMILES string of the molecule is CC(=O)Oc1ccc([C@H]2C(C(=O)OCC(C)C)=C(C)NC3=C2C(=O)C[C@H](c2ccccc2)C3)cc1.